The molecule has 1 aliphatic rings. The maximum Gasteiger partial charge on any atom is 0.130 e. The van der Waals surface area contributed by atoms with E-state index in [1.165, 1.54) is 0 Å². The van der Waals surface area contributed by atoms with Crippen LogP contribution in [0.5, 0.6) is 11.5 Å². The van der Waals surface area contributed by atoms with Gasteiger partial charge in [0.1, 0.15) is 11.5 Å². The Morgan fingerprint density at radius 3 is 2.59 bits per heavy atom. The zero-order valence-electron chi connectivity index (χ0n) is 13.3. The van der Waals surface area contributed by atoms with Crippen LogP contribution in [0.15, 0.2) is 36.4 Å². The monoisotopic (exact) mass is 298 g/mol. The fraction of sp³-hybridized carbons (Fsp3) is 0.333. The van der Waals surface area contributed by atoms with Crippen LogP contribution in [0.1, 0.15) is 13.8 Å². The van der Waals surface area contributed by atoms with Gasteiger partial charge in [-0.25, -0.2) is 0 Å². The Morgan fingerprint density at radius 1 is 1.05 bits per heavy atom. The molecule has 0 saturated heterocycles. The minimum absolute atomic E-state index is 0.477. The molecule has 0 aromatic heterocycles. The molecule has 0 bridgehead atoms. The third kappa shape index (κ3) is 2.82. The van der Waals surface area contributed by atoms with E-state index in [1.54, 1.807) is 7.11 Å². The molecule has 4 nitrogen and oxygen atoms in total. The van der Waals surface area contributed by atoms with Gasteiger partial charge in [0.15, 0.2) is 0 Å². The molecular weight excluding hydrogens is 276 g/mol. The number of benzene rings is 2. The molecule has 4 heteroatoms. The lowest BCUT2D eigenvalue weighted by atomic mass is 10.0. The maximum atomic E-state index is 6.00. The minimum atomic E-state index is 0.477. The van der Waals surface area contributed by atoms with Gasteiger partial charge in [0.2, 0.25) is 0 Å². The Kier molecular flexibility index (Phi) is 4.09. The summed E-state index contributed by atoms with van der Waals surface area (Å²) >= 11 is 0. The Bertz CT molecular complexity index is 668. The summed E-state index contributed by atoms with van der Waals surface area (Å²) in [5, 5.41) is 6.61. The van der Waals surface area contributed by atoms with Gasteiger partial charge in [0.05, 0.1) is 37.3 Å². The molecule has 1 heterocycles. The van der Waals surface area contributed by atoms with E-state index in [4.69, 9.17) is 9.47 Å². The van der Waals surface area contributed by atoms with Gasteiger partial charge in [0, 0.05) is 0 Å². The van der Waals surface area contributed by atoms with Crippen molar-refractivity contribution in [1.82, 2.24) is 0 Å². The fourth-order valence-corrected chi connectivity index (χ4v) is 2.58. The van der Waals surface area contributed by atoms with E-state index in [-0.39, 0.29) is 0 Å². The topological polar surface area (TPSA) is 42.5 Å². The van der Waals surface area contributed by atoms with Gasteiger partial charge in [0.25, 0.3) is 0 Å². The first-order valence-corrected chi connectivity index (χ1v) is 7.61. The van der Waals surface area contributed by atoms with Crippen LogP contribution in [0.2, 0.25) is 0 Å². The number of anilines is 2. The van der Waals surface area contributed by atoms with Crippen LogP contribution < -0.4 is 20.1 Å². The van der Waals surface area contributed by atoms with Gasteiger partial charge in [-0.1, -0.05) is 26.0 Å². The highest BCUT2D eigenvalue weighted by Gasteiger charge is 2.16. The highest BCUT2D eigenvalue weighted by molar-refractivity contribution is 5.84. The van der Waals surface area contributed by atoms with E-state index in [1.807, 2.05) is 18.2 Å². The largest absolute Gasteiger partial charge is 0.496 e. The highest BCUT2D eigenvalue weighted by atomic mass is 16.5. The first-order chi connectivity index (χ1) is 10.7. The van der Waals surface area contributed by atoms with Crippen LogP contribution in [0.25, 0.3) is 11.1 Å². The van der Waals surface area contributed by atoms with E-state index in [9.17, 15) is 0 Å². The standard InChI is InChI=1S/C18H22N2O2/c1-12(2)10-22-17-6-4-5-16(21-3)18(17)13-7-8-14-15(9-13)20-11-19-14/h4-9,12,19-20H,10-11H2,1-3H3. The third-order valence-electron chi connectivity index (χ3n) is 3.65. The summed E-state index contributed by atoms with van der Waals surface area (Å²) in [5.74, 6) is 2.16. The molecule has 0 amide bonds. The smallest absolute Gasteiger partial charge is 0.130 e. The Morgan fingerprint density at radius 2 is 1.82 bits per heavy atom. The van der Waals surface area contributed by atoms with Crippen molar-refractivity contribution < 1.29 is 9.47 Å². The van der Waals surface area contributed by atoms with E-state index in [0.717, 1.165) is 40.7 Å². The Labute approximate surface area is 131 Å². The number of methoxy groups -OCH3 is 1. The van der Waals surface area contributed by atoms with Crippen molar-refractivity contribution in [2.45, 2.75) is 13.8 Å². The second-order valence-electron chi connectivity index (χ2n) is 5.83. The average molecular weight is 298 g/mol. The molecule has 0 aliphatic carbocycles. The molecule has 0 saturated carbocycles. The summed E-state index contributed by atoms with van der Waals surface area (Å²) in [4.78, 5) is 0. The van der Waals surface area contributed by atoms with Crippen molar-refractivity contribution in [3.05, 3.63) is 36.4 Å². The second kappa shape index (κ2) is 6.18. The molecule has 0 fully saturated rings. The molecular formula is C18H22N2O2. The lowest BCUT2D eigenvalue weighted by Crippen LogP contribution is -2.05. The Balaban J connectivity index is 2.03. The first kappa shape index (κ1) is 14.6. The molecule has 1 aliphatic heterocycles. The summed E-state index contributed by atoms with van der Waals surface area (Å²) in [6, 6.07) is 12.2. The van der Waals surface area contributed by atoms with Crippen LogP contribution in [0.3, 0.4) is 0 Å². The normalized spacial score (nSPS) is 12.5. The van der Waals surface area contributed by atoms with Crippen LogP contribution in [0.4, 0.5) is 11.4 Å². The minimum Gasteiger partial charge on any atom is -0.496 e. The Hall–Kier alpha value is -2.36. The van der Waals surface area contributed by atoms with Gasteiger partial charge in [-0.05, 0) is 35.7 Å². The number of hydrogen-bond acceptors (Lipinski definition) is 4. The number of ether oxygens (including phenoxy) is 2. The number of fused-ring (bicyclic) bond motifs is 1. The van der Waals surface area contributed by atoms with Crippen LogP contribution in [0, 0.1) is 5.92 Å². The van der Waals surface area contributed by atoms with Crippen molar-refractivity contribution in [2.75, 3.05) is 31.0 Å². The molecule has 0 spiro atoms. The van der Waals surface area contributed by atoms with Crippen molar-refractivity contribution >= 4 is 11.4 Å². The van der Waals surface area contributed by atoms with Crippen molar-refractivity contribution in [3.8, 4) is 22.6 Å². The van der Waals surface area contributed by atoms with E-state index >= 15 is 0 Å². The number of rotatable bonds is 5. The summed E-state index contributed by atoms with van der Waals surface area (Å²) in [6.45, 7) is 5.74. The summed E-state index contributed by atoms with van der Waals surface area (Å²) in [6.07, 6.45) is 0. The molecule has 2 aromatic rings. The number of hydrogen-bond donors (Lipinski definition) is 2. The summed E-state index contributed by atoms with van der Waals surface area (Å²) in [7, 11) is 1.69. The van der Waals surface area contributed by atoms with Gasteiger partial charge in [-0.2, -0.15) is 0 Å². The third-order valence-corrected chi connectivity index (χ3v) is 3.65. The number of nitrogens with one attached hydrogen (secondary N) is 2. The molecule has 2 aromatic carbocycles. The van der Waals surface area contributed by atoms with E-state index < -0.39 is 0 Å². The summed E-state index contributed by atoms with van der Waals surface area (Å²) < 4.78 is 11.5. The molecule has 2 N–H and O–H groups in total. The lowest BCUT2D eigenvalue weighted by molar-refractivity contribution is 0.271. The second-order valence-corrected chi connectivity index (χ2v) is 5.83. The SMILES string of the molecule is COc1cccc(OCC(C)C)c1-c1ccc2c(c1)NCN2. The van der Waals surface area contributed by atoms with Gasteiger partial charge < -0.3 is 20.1 Å². The van der Waals surface area contributed by atoms with Crippen LogP contribution in [-0.2, 0) is 0 Å². The first-order valence-electron chi connectivity index (χ1n) is 7.61. The van der Waals surface area contributed by atoms with Gasteiger partial charge in [-0.15, -0.1) is 0 Å². The van der Waals surface area contributed by atoms with Crippen molar-refractivity contribution in [1.29, 1.82) is 0 Å². The molecule has 0 radical (unpaired) electrons. The van der Waals surface area contributed by atoms with Crippen LogP contribution in [-0.4, -0.2) is 20.4 Å². The molecule has 3 rings (SSSR count). The molecule has 116 valence electrons. The lowest BCUT2D eigenvalue weighted by Gasteiger charge is -2.16. The van der Waals surface area contributed by atoms with Gasteiger partial charge >= 0.3 is 0 Å². The van der Waals surface area contributed by atoms with Crippen molar-refractivity contribution in [3.63, 3.8) is 0 Å². The molecule has 22 heavy (non-hydrogen) atoms. The zero-order valence-corrected chi connectivity index (χ0v) is 13.3. The molecule has 0 unspecified atom stereocenters. The van der Waals surface area contributed by atoms with Gasteiger partial charge in [-0.3, -0.25) is 0 Å². The quantitative estimate of drug-likeness (QED) is 0.868. The predicted octanol–water partition coefficient (Wildman–Crippen LogP) is 4.19. The van der Waals surface area contributed by atoms with Crippen LogP contribution >= 0.6 is 0 Å². The maximum absolute atomic E-state index is 6.00. The molecule has 0 atom stereocenters. The van der Waals surface area contributed by atoms with Crippen molar-refractivity contribution in [2.24, 2.45) is 5.92 Å². The summed E-state index contributed by atoms with van der Waals surface area (Å²) in [5.41, 5.74) is 4.33. The average Bonchev–Trinajstić information content (AvgIpc) is 2.99. The fourth-order valence-electron chi connectivity index (χ4n) is 2.58. The predicted molar refractivity (Wildman–Crippen MR) is 90.9 cm³/mol. The van der Waals surface area contributed by atoms with E-state index in [2.05, 4.69) is 42.7 Å². The zero-order chi connectivity index (χ0) is 15.5. The highest BCUT2D eigenvalue weighted by Crippen LogP contribution is 2.41. The van der Waals surface area contributed by atoms with E-state index in [0.29, 0.717) is 12.5 Å².